The lowest BCUT2D eigenvalue weighted by atomic mass is 10.2. The molecular weight excluding hydrogens is 325 g/mol. The third-order valence-corrected chi connectivity index (χ3v) is 4.70. The van der Waals surface area contributed by atoms with E-state index in [-0.39, 0.29) is 27.3 Å². The third kappa shape index (κ3) is 3.19. The van der Waals surface area contributed by atoms with E-state index in [4.69, 9.17) is 27.0 Å². The number of ether oxygens (including phenoxy) is 1. The molecule has 1 aliphatic carbocycles. The normalized spacial score (nSPS) is 21.4. The molecule has 5 nitrogen and oxygen atoms in total. The van der Waals surface area contributed by atoms with Gasteiger partial charge in [-0.05, 0) is 24.5 Å². The van der Waals surface area contributed by atoms with Crippen molar-refractivity contribution in [1.29, 1.82) is 0 Å². The highest BCUT2D eigenvalue weighted by atomic mass is 35.7. The summed E-state index contributed by atoms with van der Waals surface area (Å²) < 4.78 is 28.1. The van der Waals surface area contributed by atoms with Crippen molar-refractivity contribution in [3.63, 3.8) is 0 Å². The van der Waals surface area contributed by atoms with Crippen molar-refractivity contribution >= 4 is 37.2 Å². The van der Waals surface area contributed by atoms with Gasteiger partial charge in [0.25, 0.3) is 15.0 Å². The summed E-state index contributed by atoms with van der Waals surface area (Å²) in [6.07, 6.45) is 0.898. The number of nitrogens with one attached hydrogen (secondary N) is 1. The zero-order chi connectivity index (χ0) is 15.1. The fraction of sp³-hybridized carbons (Fsp3) is 0.417. The second-order valence-electron chi connectivity index (χ2n) is 4.72. The Kier molecular flexibility index (Phi) is 4.18. The lowest BCUT2D eigenvalue weighted by Crippen LogP contribution is -2.27. The highest BCUT2D eigenvalue weighted by Gasteiger charge is 2.35. The van der Waals surface area contributed by atoms with Gasteiger partial charge in [-0.1, -0.05) is 18.5 Å². The Morgan fingerprint density at radius 2 is 2.05 bits per heavy atom. The van der Waals surface area contributed by atoms with Crippen LogP contribution in [0.5, 0.6) is 5.75 Å². The minimum absolute atomic E-state index is 0.0540. The van der Waals surface area contributed by atoms with Crippen molar-refractivity contribution in [2.75, 3.05) is 7.11 Å². The predicted molar refractivity (Wildman–Crippen MR) is 76.1 cm³/mol. The molecule has 1 amide bonds. The van der Waals surface area contributed by atoms with Gasteiger partial charge in [0.15, 0.2) is 5.75 Å². The van der Waals surface area contributed by atoms with Crippen molar-refractivity contribution < 1.29 is 17.9 Å². The van der Waals surface area contributed by atoms with Gasteiger partial charge in [-0.15, -0.1) is 0 Å². The monoisotopic (exact) mass is 337 g/mol. The Bertz CT molecular complexity index is 660. The van der Waals surface area contributed by atoms with Crippen LogP contribution in [0.1, 0.15) is 23.7 Å². The Morgan fingerprint density at radius 3 is 2.50 bits per heavy atom. The van der Waals surface area contributed by atoms with E-state index >= 15 is 0 Å². The van der Waals surface area contributed by atoms with Crippen LogP contribution >= 0.6 is 22.3 Å². The maximum atomic E-state index is 12.2. The lowest BCUT2D eigenvalue weighted by molar-refractivity contribution is 0.0946. The van der Waals surface area contributed by atoms with Crippen molar-refractivity contribution in [1.82, 2.24) is 5.32 Å². The van der Waals surface area contributed by atoms with E-state index in [1.54, 1.807) is 0 Å². The molecule has 2 atom stereocenters. The van der Waals surface area contributed by atoms with Gasteiger partial charge < -0.3 is 10.1 Å². The molecule has 0 radical (unpaired) electrons. The minimum Gasteiger partial charge on any atom is -0.494 e. The fourth-order valence-corrected chi connectivity index (χ4v) is 3.21. The van der Waals surface area contributed by atoms with E-state index in [2.05, 4.69) is 5.32 Å². The van der Waals surface area contributed by atoms with Crippen molar-refractivity contribution in [3.05, 3.63) is 22.7 Å². The number of rotatable bonds is 4. The molecule has 0 heterocycles. The van der Waals surface area contributed by atoms with Crippen LogP contribution in [0, 0.1) is 5.92 Å². The molecule has 0 aromatic heterocycles. The van der Waals surface area contributed by atoms with Crippen LogP contribution in [0.3, 0.4) is 0 Å². The molecule has 2 rings (SSSR count). The zero-order valence-corrected chi connectivity index (χ0v) is 13.1. The van der Waals surface area contributed by atoms with E-state index in [0.29, 0.717) is 5.92 Å². The number of benzene rings is 1. The maximum absolute atomic E-state index is 12.2. The van der Waals surface area contributed by atoms with Gasteiger partial charge in [-0.3, -0.25) is 4.79 Å². The second kappa shape index (κ2) is 5.42. The van der Waals surface area contributed by atoms with Crippen LogP contribution in [0.15, 0.2) is 17.0 Å². The summed E-state index contributed by atoms with van der Waals surface area (Å²) in [5.74, 6) is -0.115. The van der Waals surface area contributed by atoms with Gasteiger partial charge in [0.1, 0.15) is 4.90 Å². The van der Waals surface area contributed by atoms with E-state index in [9.17, 15) is 13.2 Å². The average molecular weight is 338 g/mol. The zero-order valence-electron chi connectivity index (χ0n) is 10.8. The number of hydrogen-bond donors (Lipinski definition) is 1. The van der Waals surface area contributed by atoms with Gasteiger partial charge in [-0.25, -0.2) is 8.42 Å². The largest absolute Gasteiger partial charge is 0.494 e. The van der Waals surface area contributed by atoms with Gasteiger partial charge >= 0.3 is 0 Å². The molecule has 0 saturated heterocycles. The summed E-state index contributed by atoms with van der Waals surface area (Å²) in [6, 6.07) is 2.61. The van der Waals surface area contributed by atoms with Gasteiger partial charge in [0.05, 0.1) is 12.7 Å². The van der Waals surface area contributed by atoms with Crippen LogP contribution in [0.2, 0.25) is 5.02 Å². The fourth-order valence-electron chi connectivity index (χ4n) is 1.90. The van der Waals surface area contributed by atoms with Crippen LogP contribution in [0.25, 0.3) is 0 Å². The number of carbonyl (C=O) groups excluding carboxylic acids is 1. The molecule has 110 valence electrons. The van der Waals surface area contributed by atoms with Crippen molar-refractivity contribution in [2.45, 2.75) is 24.3 Å². The summed E-state index contributed by atoms with van der Waals surface area (Å²) in [6.45, 7) is 2.01. The standard InChI is InChI=1S/C12H13Cl2NO4S/c1-6-3-9(6)15-12(16)8-4-7(13)5-10(11(8)19-2)20(14,17)18/h4-6,9H,3H2,1-2H3,(H,15,16). The molecule has 1 aliphatic rings. The first-order valence-electron chi connectivity index (χ1n) is 5.87. The van der Waals surface area contributed by atoms with Crippen LogP contribution in [0.4, 0.5) is 0 Å². The highest BCUT2D eigenvalue weighted by Crippen LogP contribution is 2.35. The average Bonchev–Trinajstić information content (AvgIpc) is 3.02. The first-order valence-corrected chi connectivity index (χ1v) is 8.56. The Balaban J connectivity index is 2.46. The van der Waals surface area contributed by atoms with Crippen LogP contribution in [-0.2, 0) is 9.05 Å². The van der Waals surface area contributed by atoms with Crippen LogP contribution < -0.4 is 10.1 Å². The topological polar surface area (TPSA) is 72.5 Å². The second-order valence-corrected chi connectivity index (χ2v) is 7.69. The molecule has 0 aliphatic heterocycles. The highest BCUT2D eigenvalue weighted by molar-refractivity contribution is 8.13. The SMILES string of the molecule is COc1c(C(=O)NC2CC2C)cc(Cl)cc1S(=O)(=O)Cl. The molecule has 2 unspecified atom stereocenters. The van der Waals surface area contributed by atoms with E-state index in [1.165, 1.54) is 13.2 Å². The summed E-state index contributed by atoms with van der Waals surface area (Å²) in [5, 5.41) is 2.88. The lowest BCUT2D eigenvalue weighted by Gasteiger charge is -2.12. The molecule has 20 heavy (non-hydrogen) atoms. The molecule has 0 spiro atoms. The Hall–Kier alpha value is -0.980. The maximum Gasteiger partial charge on any atom is 0.265 e. The molecule has 0 bridgehead atoms. The van der Waals surface area contributed by atoms with E-state index in [0.717, 1.165) is 12.5 Å². The molecule has 1 aromatic carbocycles. The number of amides is 1. The molecular formula is C12H13Cl2NO4S. The first kappa shape index (κ1) is 15.4. The smallest absolute Gasteiger partial charge is 0.265 e. The third-order valence-electron chi connectivity index (χ3n) is 3.16. The van der Waals surface area contributed by atoms with E-state index in [1.807, 2.05) is 6.92 Å². The van der Waals surface area contributed by atoms with Crippen molar-refractivity contribution in [3.8, 4) is 5.75 Å². The van der Waals surface area contributed by atoms with Gasteiger partial charge in [0.2, 0.25) is 0 Å². The molecule has 1 N–H and O–H groups in total. The quantitative estimate of drug-likeness (QED) is 0.856. The summed E-state index contributed by atoms with van der Waals surface area (Å²) in [5.41, 5.74) is 0.0540. The number of methoxy groups -OCH3 is 1. The Morgan fingerprint density at radius 1 is 1.45 bits per heavy atom. The first-order chi connectivity index (χ1) is 9.24. The number of carbonyl (C=O) groups is 1. The molecule has 1 fully saturated rings. The van der Waals surface area contributed by atoms with Gasteiger partial charge in [-0.2, -0.15) is 0 Å². The number of hydrogen-bond acceptors (Lipinski definition) is 4. The molecule has 1 saturated carbocycles. The summed E-state index contributed by atoms with van der Waals surface area (Å²) in [4.78, 5) is 11.8. The van der Waals surface area contributed by atoms with Crippen molar-refractivity contribution in [2.24, 2.45) is 5.92 Å². The molecule has 8 heteroatoms. The molecule has 1 aromatic rings. The Labute approximate surface area is 126 Å². The van der Waals surface area contributed by atoms with Crippen LogP contribution in [-0.4, -0.2) is 27.5 Å². The summed E-state index contributed by atoms with van der Waals surface area (Å²) in [7, 11) is 2.54. The summed E-state index contributed by atoms with van der Waals surface area (Å²) >= 11 is 5.85. The number of halogens is 2. The minimum atomic E-state index is -4.06. The predicted octanol–water partition coefficient (Wildman–Crippen LogP) is 2.41. The van der Waals surface area contributed by atoms with E-state index < -0.39 is 15.0 Å². The van der Waals surface area contributed by atoms with Gasteiger partial charge in [0, 0.05) is 21.7 Å².